The molecule has 2 atom stereocenters. The van der Waals surface area contributed by atoms with Crippen molar-refractivity contribution in [2.24, 2.45) is 5.73 Å². The van der Waals surface area contributed by atoms with Crippen molar-refractivity contribution in [3.63, 3.8) is 0 Å². The molecule has 1 amide bonds. The number of rotatable bonds is 4. The fraction of sp³-hybridized carbons (Fsp3) is 0.167. The maximum absolute atomic E-state index is 11.1. The van der Waals surface area contributed by atoms with E-state index >= 15 is 0 Å². The maximum Gasteiger partial charge on any atom is 0.247 e. The average molecular weight is 307 g/mol. The molecule has 3 rings (SSSR count). The van der Waals surface area contributed by atoms with Crippen molar-refractivity contribution in [2.75, 3.05) is 6.61 Å². The number of primary amides is 1. The molecule has 1 aliphatic heterocycles. The molecule has 1 heterocycles. The predicted molar refractivity (Wildman–Crippen MR) is 84.2 cm³/mol. The molecule has 5 heteroatoms. The van der Waals surface area contributed by atoms with Crippen LogP contribution in [0.2, 0.25) is 0 Å². The number of nitriles is 1. The third-order valence-corrected chi connectivity index (χ3v) is 3.59. The highest BCUT2D eigenvalue weighted by molar-refractivity contribution is 5.80. The van der Waals surface area contributed by atoms with Gasteiger partial charge in [0.15, 0.2) is 0 Å². The van der Waals surface area contributed by atoms with Crippen molar-refractivity contribution in [3.8, 4) is 22.9 Å². The molecule has 1 radical (unpaired) electrons. The van der Waals surface area contributed by atoms with E-state index < -0.39 is 12.0 Å². The first kappa shape index (κ1) is 15.1. The Kier molecular flexibility index (Phi) is 4.26. The highest BCUT2D eigenvalue weighted by Crippen LogP contribution is 2.28. The van der Waals surface area contributed by atoms with Crippen LogP contribution in [0.25, 0.3) is 11.1 Å². The van der Waals surface area contributed by atoms with E-state index in [1.54, 1.807) is 18.6 Å². The fourth-order valence-electron chi connectivity index (χ4n) is 2.49. The predicted octanol–water partition coefficient (Wildman–Crippen LogP) is 2.06. The largest absolute Gasteiger partial charge is 0.488 e. The Balaban J connectivity index is 1.78. The van der Waals surface area contributed by atoms with Gasteiger partial charge < -0.3 is 15.2 Å². The number of nitrogens with two attached hydrogens (primary N) is 1. The number of carbonyl (C=O) groups is 1. The Labute approximate surface area is 134 Å². The number of carbonyl (C=O) groups excluding carboxylic acids is 1. The van der Waals surface area contributed by atoms with Crippen molar-refractivity contribution in [2.45, 2.75) is 12.2 Å². The molecule has 1 aliphatic rings. The van der Waals surface area contributed by atoms with Crippen LogP contribution >= 0.6 is 0 Å². The molecule has 1 unspecified atom stereocenters. The van der Waals surface area contributed by atoms with Crippen LogP contribution < -0.4 is 10.5 Å². The number of amides is 1. The number of benzene rings is 2. The van der Waals surface area contributed by atoms with Crippen molar-refractivity contribution in [1.29, 1.82) is 5.26 Å². The molecule has 0 aromatic heterocycles. The number of hydrogen-bond acceptors (Lipinski definition) is 4. The summed E-state index contributed by atoms with van der Waals surface area (Å²) in [5.41, 5.74) is 7.54. The summed E-state index contributed by atoms with van der Waals surface area (Å²) in [6, 6.07) is 17.2. The summed E-state index contributed by atoms with van der Waals surface area (Å²) in [6.07, 6.45) is 0.542. The first-order valence-electron chi connectivity index (χ1n) is 7.19. The molecule has 0 spiro atoms. The molecule has 115 valence electrons. The molecule has 1 saturated heterocycles. The van der Waals surface area contributed by atoms with Gasteiger partial charge in [0.25, 0.3) is 0 Å². The highest BCUT2D eigenvalue weighted by atomic mass is 16.6. The van der Waals surface area contributed by atoms with Gasteiger partial charge in [-0.1, -0.05) is 30.3 Å². The number of ether oxygens (including phenoxy) is 2. The molecular formula is C18H15N2O3. The minimum atomic E-state index is -0.723. The van der Waals surface area contributed by atoms with E-state index in [-0.39, 0.29) is 12.7 Å². The highest BCUT2D eigenvalue weighted by Gasteiger charge is 2.31. The van der Waals surface area contributed by atoms with Gasteiger partial charge >= 0.3 is 0 Å². The summed E-state index contributed by atoms with van der Waals surface area (Å²) in [6.45, 7) is 0.260. The van der Waals surface area contributed by atoms with Crippen molar-refractivity contribution < 1.29 is 14.3 Å². The average Bonchev–Trinajstić information content (AvgIpc) is 3.04. The lowest BCUT2D eigenvalue weighted by molar-refractivity contribution is -0.125. The van der Waals surface area contributed by atoms with E-state index in [0.29, 0.717) is 11.3 Å². The van der Waals surface area contributed by atoms with Gasteiger partial charge in [0.05, 0.1) is 18.2 Å². The van der Waals surface area contributed by atoms with Crippen LogP contribution in [0.4, 0.5) is 0 Å². The molecule has 0 saturated carbocycles. The van der Waals surface area contributed by atoms with Crippen molar-refractivity contribution in [3.05, 3.63) is 60.5 Å². The second-order valence-corrected chi connectivity index (χ2v) is 5.19. The van der Waals surface area contributed by atoms with Gasteiger partial charge in [0.1, 0.15) is 18.0 Å². The summed E-state index contributed by atoms with van der Waals surface area (Å²) in [5, 5.41) is 9.38. The van der Waals surface area contributed by atoms with Gasteiger partial charge in [-0.15, -0.1) is 0 Å². The molecule has 2 aromatic rings. The van der Waals surface area contributed by atoms with E-state index in [1.807, 2.05) is 36.4 Å². The van der Waals surface area contributed by atoms with Gasteiger partial charge in [0, 0.05) is 6.42 Å². The van der Waals surface area contributed by atoms with Crippen LogP contribution in [-0.2, 0) is 9.53 Å². The summed E-state index contributed by atoms with van der Waals surface area (Å²) in [7, 11) is 0. The summed E-state index contributed by atoms with van der Waals surface area (Å²) >= 11 is 0. The number of nitrogens with zero attached hydrogens (tertiary/aromatic N) is 1. The minimum Gasteiger partial charge on any atom is -0.488 e. The molecular weight excluding hydrogens is 292 g/mol. The Morgan fingerprint density at radius 2 is 2.04 bits per heavy atom. The normalized spacial score (nSPS) is 20.0. The fourth-order valence-corrected chi connectivity index (χ4v) is 2.49. The molecule has 23 heavy (non-hydrogen) atoms. The lowest BCUT2D eigenvalue weighted by atomic mass is 10.0. The van der Waals surface area contributed by atoms with E-state index in [9.17, 15) is 10.1 Å². The van der Waals surface area contributed by atoms with E-state index in [0.717, 1.165) is 11.1 Å². The summed E-state index contributed by atoms with van der Waals surface area (Å²) in [5.74, 6) is 0.0180. The first-order valence-corrected chi connectivity index (χ1v) is 7.19. The van der Waals surface area contributed by atoms with Crippen LogP contribution in [-0.4, -0.2) is 24.7 Å². The monoisotopic (exact) mass is 307 g/mol. The SMILES string of the molecule is N#Cc1cc(O[C@H]2[CH]C(C(N)=O)OC2)ccc1-c1ccccc1. The Hall–Kier alpha value is -2.84. The van der Waals surface area contributed by atoms with Gasteiger partial charge in [-0.05, 0) is 29.3 Å². The zero-order valence-electron chi connectivity index (χ0n) is 12.3. The van der Waals surface area contributed by atoms with Crippen LogP contribution in [0.3, 0.4) is 0 Å². The third-order valence-electron chi connectivity index (χ3n) is 3.59. The molecule has 2 aromatic carbocycles. The van der Waals surface area contributed by atoms with Crippen molar-refractivity contribution in [1.82, 2.24) is 0 Å². The van der Waals surface area contributed by atoms with E-state index in [4.69, 9.17) is 15.2 Å². The molecule has 5 nitrogen and oxygen atoms in total. The second kappa shape index (κ2) is 6.51. The summed E-state index contributed by atoms with van der Waals surface area (Å²) in [4.78, 5) is 11.1. The van der Waals surface area contributed by atoms with Gasteiger partial charge in [0.2, 0.25) is 5.91 Å². The smallest absolute Gasteiger partial charge is 0.247 e. The van der Waals surface area contributed by atoms with E-state index in [1.165, 1.54) is 0 Å². The minimum absolute atomic E-state index is 0.260. The Morgan fingerprint density at radius 1 is 1.26 bits per heavy atom. The van der Waals surface area contributed by atoms with Gasteiger partial charge in [-0.3, -0.25) is 4.79 Å². The molecule has 0 aliphatic carbocycles. The van der Waals surface area contributed by atoms with Crippen LogP contribution in [0.15, 0.2) is 48.5 Å². The third kappa shape index (κ3) is 3.33. The van der Waals surface area contributed by atoms with E-state index in [2.05, 4.69) is 6.07 Å². The van der Waals surface area contributed by atoms with Crippen LogP contribution in [0.1, 0.15) is 5.56 Å². The zero-order valence-corrected chi connectivity index (χ0v) is 12.3. The Bertz CT molecular complexity index is 753. The molecule has 0 bridgehead atoms. The number of hydrogen-bond donors (Lipinski definition) is 1. The van der Waals surface area contributed by atoms with Gasteiger partial charge in [-0.2, -0.15) is 5.26 Å². The van der Waals surface area contributed by atoms with Gasteiger partial charge in [-0.25, -0.2) is 0 Å². The maximum atomic E-state index is 11.1. The van der Waals surface area contributed by atoms with Crippen LogP contribution in [0.5, 0.6) is 5.75 Å². The zero-order chi connectivity index (χ0) is 16.2. The Morgan fingerprint density at radius 3 is 2.70 bits per heavy atom. The van der Waals surface area contributed by atoms with Crippen LogP contribution in [0, 0.1) is 17.8 Å². The summed E-state index contributed by atoms with van der Waals surface area (Å²) < 4.78 is 11.0. The first-order chi connectivity index (χ1) is 11.2. The standard InChI is InChI=1S/C18H15N2O3/c19-10-13-8-14(23-15-9-17(18(20)21)22-11-15)6-7-16(13)12-4-2-1-3-5-12/h1-9,15,17H,11H2,(H2,20,21)/t15-,17?/m0/s1. The van der Waals surface area contributed by atoms with Crippen molar-refractivity contribution >= 4 is 5.91 Å². The molecule has 1 fully saturated rings. The quantitative estimate of drug-likeness (QED) is 0.937. The second-order valence-electron chi connectivity index (χ2n) is 5.19. The lowest BCUT2D eigenvalue weighted by Gasteiger charge is -2.13. The molecule has 2 N–H and O–H groups in total. The lowest BCUT2D eigenvalue weighted by Crippen LogP contribution is -2.28. The topological polar surface area (TPSA) is 85.3 Å².